The summed E-state index contributed by atoms with van der Waals surface area (Å²) < 4.78 is 0. The van der Waals surface area contributed by atoms with Gasteiger partial charge in [0.15, 0.2) is 0 Å². The second-order valence-corrected chi connectivity index (χ2v) is 5.35. The van der Waals surface area contributed by atoms with E-state index in [1.807, 2.05) is 31.2 Å². The average molecular weight is 266 g/mol. The number of aromatic nitrogens is 1. The molecule has 3 rings (SSSR count). The highest BCUT2D eigenvalue weighted by molar-refractivity contribution is 5.95. The third-order valence-corrected chi connectivity index (χ3v) is 3.85. The van der Waals surface area contributed by atoms with Crippen LogP contribution in [-0.4, -0.2) is 10.9 Å². The molecule has 0 bridgehead atoms. The molecule has 1 amide bonds. The first-order valence-corrected chi connectivity index (χ1v) is 7.05. The van der Waals surface area contributed by atoms with Crippen LogP contribution in [0.15, 0.2) is 42.6 Å². The van der Waals surface area contributed by atoms with E-state index in [2.05, 4.69) is 22.4 Å². The largest absolute Gasteiger partial charge is 0.310 e. The Morgan fingerprint density at radius 3 is 3.00 bits per heavy atom. The monoisotopic (exact) mass is 266 g/mol. The zero-order valence-corrected chi connectivity index (χ0v) is 11.6. The second-order valence-electron chi connectivity index (χ2n) is 5.35. The van der Waals surface area contributed by atoms with Crippen LogP contribution >= 0.6 is 0 Å². The van der Waals surface area contributed by atoms with Crippen molar-refractivity contribution in [3.8, 4) is 0 Å². The predicted octanol–water partition coefficient (Wildman–Crippen LogP) is 3.45. The minimum Gasteiger partial charge on any atom is -0.310 e. The Morgan fingerprint density at radius 2 is 2.15 bits per heavy atom. The number of pyridine rings is 1. The van der Waals surface area contributed by atoms with Gasteiger partial charge in [0.1, 0.15) is 5.82 Å². The van der Waals surface area contributed by atoms with Crippen molar-refractivity contribution in [1.29, 1.82) is 0 Å². The van der Waals surface area contributed by atoms with Crippen molar-refractivity contribution in [2.75, 3.05) is 5.32 Å². The fourth-order valence-electron chi connectivity index (χ4n) is 2.84. The Bertz CT molecular complexity index is 636. The Kier molecular flexibility index (Phi) is 3.50. The Hall–Kier alpha value is -2.16. The minimum absolute atomic E-state index is 0.0512. The van der Waals surface area contributed by atoms with E-state index in [4.69, 9.17) is 0 Å². The number of hydrogen-bond acceptors (Lipinski definition) is 2. The number of rotatable bonds is 2. The zero-order valence-electron chi connectivity index (χ0n) is 11.6. The fraction of sp³-hybridized carbons (Fsp3) is 0.294. The molecule has 2 aromatic rings. The van der Waals surface area contributed by atoms with Crippen molar-refractivity contribution in [3.05, 3.63) is 59.3 Å². The third kappa shape index (κ3) is 2.57. The van der Waals surface area contributed by atoms with Gasteiger partial charge in [-0.1, -0.05) is 24.3 Å². The number of amides is 1. The molecular formula is C17H18N2O. The molecule has 1 atom stereocenters. The maximum Gasteiger partial charge on any atom is 0.233 e. The lowest BCUT2D eigenvalue weighted by molar-refractivity contribution is -0.117. The molecule has 0 aliphatic heterocycles. The molecule has 1 aromatic carbocycles. The summed E-state index contributed by atoms with van der Waals surface area (Å²) in [7, 11) is 0. The molecule has 1 aliphatic rings. The number of aryl methyl sites for hydroxylation is 2. The van der Waals surface area contributed by atoms with E-state index in [-0.39, 0.29) is 11.8 Å². The molecule has 3 heteroatoms. The molecule has 0 saturated carbocycles. The lowest BCUT2D eigenvalue weighted by Gasteiger charge is -2.24. The first kappa shape index (κ1) is 12.9. The number of nitrogens with one attached hydrogen (secondary N) is 1. The molecule has 1 aliphatic carbocycles. The van der Waals surface area contributed by atoms with Crippen LogP contribution in [0.1, 0.15) is 35.4 Å². The summed E-state index contributed by atoms with van der Waals surface area (Å²) in [4.78, 5) is 16.7. The van der Waals surface area contributed by atoms with Gasteiger partial charge in [0.05, 0.1) is 5.92 Å². The number of fused-ring (bicyclic) bond motifs is 1. The van der Waals surface area contributed by atoms with Crippen LogP contribution in [0.3, 0.4) is 0 Å². The van der Waals surface area contributed by atoms with Gasteiger partial charge >= 0.3 is 0 Å². The van der Waals surface area contributed by atoms with Gasteiger partial charge in [-0.05, 0) is 55.0 Å². The van der Waals surface area contributed by atoms with Gasteiger partial charge in [0.25, 0.3) is 0 Å². The summed E-state index contributed by atoms with van der Waals surface area (Å²) >= 11 is 0. The van der Waals surface area contributed by atoms with Gasteiger partial charge in [-0.25, -0.2) is 4.98 Å². The van der Waals surface area contributed by atoms with Crippen LogP contribution in [0.5, 0.6) is 0 Å². The molecule has 1 N–H and O–H groups in total. The lowest BCUT2D eigenvalue weighted by atomic mass is 9.82. The van der Waals surface area contributed by atoms with Crippen LogP contribution in [0.2, 0.25) is 0 Å². The third-order valence-electron chi connectivity index (χ3n) is 3.85. The summed E-state index contributed by atoms with van der Waals surface area (Å²) in [6, 6.07) is 12.1. The van der Waals surface area contributed by atoms with Gasteiger partial charge in [-0.15, -0.1) is 0 Å². The fourth-order valence-corrected chi connectivity index (χ4v) is 2.84. The van der Waals surface area contributed by atoms with Crippen molar-refractivity contribution >= 4 is 11.7 Å². The van der Waals surface area contributed by atoms with E-state index < -0.39 is 0 Å². The van der Waals surface area contributed by atoms with E-state index in [1.54, 1.807) is 6.20 Å². The first-order valence-electron chi connectivity index (χ1n) is 7.05. The first-order chi connectivity index (χ1) is 9.74. The number of benzene rings is 1. The van der Waals surface area contributed by atoms with Crippen LogP contribution in [0, 0.1) is 6.92 Å². The SMILES string of the molecule is Cc1ccnc(NC(=O)C2CCCc3ccccc32)c1. The van der Waals surface area contributed by atoms with E-state index in [0.29, 0.717) is 5.82 Å². The summed E-state index contributed by atoms with van der Waals surface area (Å²) in [5.74, 6) is 0.635. The number of nitrogens with zero attached hydrogens (tertiary/aromatic N) is 1. The molecule has 0 fully saturated rings. The van der Waals surface area contributed by atoms with Gasteiger partial charge in [0, 0.05) is 6.20 Å². The van der Waals surface area contributed by atoms with Crippen molar-refractivity contribution in [2.24, 2.45) is 0 Å². The van der Waals surface area contributed by atoms with E-state index >= 15 is 0 Å². The molecule has 0 saturated heterocycles. The summed E-state index contributed by atoms with van der Waals surface area (Å²) in [5.41, 5.74) is 3.57. The van der Waals surface area contributed by atoms with Crippen molar-refractivity contribution < 1.29 is 4.79 Å². The molecule has 1 unspecified atom stereocenters. The molecule has 102 valence electrons. The molecule has 3 nitrogen and oxygen atoms in total. The van der Waals surface area contributed by atoms with Crippen LogP contribution in [0.4, 0.5) is 5.82 Å². The summed E-state index contributed by atoms with van der Waals surface area (Å²) in [5, 5.41) is 2.94. The Balaban J connectivity index is 1.82. The quantitative estimate of drug-likeness (QED) is 0.904. The summed E-state index contributed by atoms with van der Waals surface area (Å²) in [6.07, 6.45) is 4.77. The van der Waals surface area contributed by atoms with Gasteiger partial charge in [-0.3, -0.25) is 4.79 Å². The predicted molar refractivity (Wildman–Crippen MR) is 79.7 cm³/mol. The van der Waals surface area contributed by atoms with Gasteiger partial charge in [0.2, 0.25) is 5.91 Å². The number of carbonyl (C=O) groups is 1. The lowest BCUT2D eigenvalue weighted by Crippen LogP contribution is -2.25. The zero-order chi connectivity index (χ0) is 13.9. The van der Waals surface area contributed by atoms with Gasteiger partial charge in [-0.2, -0.15) is 0 Å². The number of hydrogen-bond donors (Lipinski definition) is 1. The highest BCUT2D eigenvalue weighted by Crippen LogP contribution is 2.32. The highest BCUT2D eigenvalue weighted by atomic mass is 16.1. The smallest absolute Gasteiger partial charge is 0.233 e. The standard InChI is InChI=1S/C17H18N2O/c1-12-9-10-18-16(11-12)19-17(20)15-8-4-6-13-5-2-3-7-14(13)15/h2-3,5,7,9-11,15H,4,6,8H2,1H3,(H,18,19,20). The Morgan fingerprint density at radius 1 is 1.30 bits per heavy atom. The molecule has 0 spiro atoms. The van der Waals surface area contributed by atoms with Crippen LogP contribution in [0.25, 0.3) is 0 Å². The maximum atomic E-state index is 12.5. The highest BCUT2D eigenvalue weighted by Gasteiger charge is 2.26. The van der Waals surface area contributed by atoms with Crippen molar-refractivity contribution in [2.45, 2.75) is 32.1 Å². The average Bonchev–Trinajstić information content (AvgIpc) is 2.46. The molecule has 1 heterocycles. The van der Waals surface area contributed by atoms with Crippen molar-refractivity contribution in [3.63, 3.8) is 0 Å². The summed E-state index contributed by atoms with van der Waals surface area (Å²) in [6.45, 7) is 1.99. The van der Waals surface area contributed by atoms with E-state index in [0.717, 1.165) is 24.8 Å². The Labute approximate surface area is 119 Å². The van der Waals surface area contributed by atoms with E-state index in [1.165, 1.54) is 11.1 Å². The van der Waals surface area contributed by atoms with Crippen LogP contribution in [-0.2, 0) is 11.2 Å². The molecule has 1 aromatic heterocycles. The number of carbonyl (C=O) groups excluding carboxylic acids is 1. The molecular weight excluding hydrogens is 248 g/mol. The van der Waals surface area contributed by atoms with Crippen LogP contribution < -0.4 is 5.32 Å². The van der Waals surface area contributed by atoms with Crippen molar-refractivity contribution in [1.82, 2.24) is 4.98 Å². The van der Waals surface area contributed by atoms with E-state index in [9.17, 15) is 4.79 Å². The minimum atomic E-state index is -0.0535. The maximum absolute atomic E-state index is 12.5. The normalized spacial score (nSPS) is 17.4. The van der Waals surface area contributed by atoms with Gasteiger partial charge < -0.3 is 5.32 Å². The second kappa shape index (κ2) is 5.45. The molecule has 0 radical (unpaired) electrons. The molecule has 20 heavy (non-hydrogen) atoms. The number of anilines is 1. The topological polar surface area (TPSA) is 42.0 Å².